The second-order valence-corrected chi connectivity index (χ2v) is 5.07. The summed E-state index contributed by atoms with van der Waals surface area (Å²) < 4.78 is 0. The number of H-pyrrole nitrogens is 1. The third-order valence-corrected chi connectivity index (χ3v) is 3.70. The van der Waals surface area contributed by atoms with Crippen LogP contribution in [-0.4, -0.2) is 20.9 Å². The van der Waals surface area contributed by atoms with Gasteiger partial charge in [-0.15, -0.1) is 0 Å². The zero-order valence-electron chi connectivity index (χ0n) is 11.4. The summed E-state index contributed by atoms with van der Waals surface area (Å²) in [5.74, 6) is -0.132. The lowest BCUT2D eigenvalue weighted by atomic mass is 10.1. The van der Waals surface area contributed by atoms with E-state index in [9.17, 15) is 4.79 Å². The molecule has 0 aliphatic rings. The molecule has 3 aromatic heterocycles. The van der Waals surface area contributed by atoms with Gasteiger partial charge in [-0.25, -0.2) is 4.98 Å². The van der Waals surface area contributed by atoms with Crippen molar-refractivity contribution in [2.75, 3.05) is 5.32 Å². The molecule has 0 saturated carbocycles. The second kappa shape index (κ2) is 5.54. The van der Waals surface area contributed by atoms with Crippen molar-refractivity contribution in [2.24, 2.45) is 0 Å². The van der Waals surface area contributed by atoms with Crippen LogP contribution in [0, 0.1) is 6.92 Å². The van der Waals surface area contributed by atoms with Gasteiger partial charge in [0.15, 0.2) is 0 Å². The van der Waals surface area contributed by atoms with E-state index < -0.39 is 0 Å². The van der Waals surface area contributed by atoms with Crippen molar-refractivity contribution in [1.29, 1.82) is 0 Å². The van der Waals surface area contributed by atoms with E-state index in [0.29, 0.717) is 16.4 Å². The minimum atomic E-state index is -0.132. The van der Waals surface area contributed by atoms with Gasteiger partial charge in [-0.05, 0) is 30.7 Å². The summed E-state index contributed by atoms with van der Waals surface area (Å²) in [5.41, 5.74) is 2.94. The summed E-state index contributed by atoms with van der Waals surface area (Å²) in [5, 5.41) is 4.22. The summed E-state index contributed by atoms with van der Waals surface area (Å²) in [6.07, 6.45) is 5.38. The number of pyridine rings is 2. The molecule has 3 heterocycles. The number of carbonyl (C=O) groups excluding carboxylic acids is 1. The van der Waals surface area contributed by atoms with Crippen molar-refractivity contribution in [3.05, 3.63) is 53.1 Å². The SMILES string of the molecule is Cc1nccc(NC(=O)Cc2c[nH]c3ncccc23)c1Cl. The maximum Gasteiger partial charge on any atom is 0.228 e. The van der Waals surface area contributed by atoms with Gasteiger partial charge in [0.05, 0.1) is 22.8 Å². The van der Waals surface area contributed by atoms with E-state index >= 15 is 0 Å². The molecule has 0 spiro atoms. The molecule has 3 aromatic rings. The molecule has 0 radical (unpaired) electrons. The number of aryl methyl sites for hydroxylation is 1. The number of aromatic nitrogens is 3. The first kappa shape index (κ1) is 13.6. The number of hydrogen-bond acceptors (Lipinski definition) is 3. The predicted octanol–water partition coefficient (Wildman–Crippen LogP) is 3.10. The lowest BCUT2D eigenvalue weighted by Crippen LogP contribution is -2.14. The van der Waals surface area contributed by atoms with Crippen molar-refractivity contribution < 1.29 is 4.79 Å². The highest BCUT2D eigenvalue weighted by molar-refractivity contribution is 6.34. The molecule has 0 fully saturated rings. The average molecular weight is 301 g/mol. The summed E-state index contributed by atoms with van der Waals surface area (Å²) in [6.45, 7) is 1.79. The van der Waals surface area contributed by atoms with Crippen LogP contribution < -0.4 is 5.32 Å². The van der Waals surface area contributed by atoms with Crippen LogP contribution in [0.5, 0.6) is 0 Å². The Kier molecular flexibility index (Phi) is 3.58. The molecule has 0 saturated heterocycles. The number of fused-ring (bicyclic) bond motifs is 1. The summed E-state index contributed by atoms with van der Waals surface area (Å²) in [6, 6.07) is 5.47. The summed E-state index contributed by atoms with van der Waals surface area (Å²) >= 11 is 6.12. The van der Waals surface area contributed by atoms with Crippen LogP contribution in [0.1, 0.15) is 11.3 Å². The van der Waals surface area contributed by atoms with Gasteiger partial charge < -0.3 is 10.3 Å². The number of anilines is 1. The quantitative estimate of drug-likeness (QED) is 0.781. The lowest BCUT2D eigenvalue weighted by Gasteiger charge is -2.08. The molecule has 0 aliphatic heterocycles. The molecule has 0 atom stereocenters. The number of nitrogens with one attached hydrogen (secondary N) is 2. The monoisotopic (exact) mass is 300 g/mol. The van der Waals surface area contributed by atoms with Gasteiger partial charge in [0.25, 0.3) is 0 Å². The molecule has 6 heteroatoms. The fourth-order valence-corrected chi connectivity index (χ4v) is 2.33. The van der Waals surface area contributed by atoms with Crippen molar-refractivity contribution in [1.82, 2.24) is 15.0 Å². The number of halogens is 1. The zero-order valence-corrected chi connectivity index (χ0v) is 12.1. The van der Waals surface area contributed by atoms with Gasteiger partial charge in [0.1, 0.15) is 5.65 Å². The number of hydrogen-bond donors (Lipinski definition) is 2. The van der Waals surface area contributed by atoms with E-state index in [0.717, 1.165) is 16.6 Å². The fourth-order valence-electron chi connectivity index (χ4n) is 2.17. The lowest BCUT2D eigenvalue weighted by molar-refractivity contribution is -0.115. The molecular weight excluding hydrogens is 288 g/mol. The van der Waals surface area contributed by atoms with E-state index in [1.807, 2.05) is 12.1 Å². The van der Waals surface area contributed by atoms with Crippen LogP contribution >= 0.6 is 11.6 Å². The highest BCUT2D eigenvalue weighted by atomic mass is 35.5. The average Bonchev–Trinajstić information content (AvgIpc) is 2.87. The molecule has 1 amide bonds. The standard InChI is InChI=1S/C15H13ClN4O/c1-9-14(16)12(4-6-17-9)20-13(21)7-10-8-19-15-11(10)3-2-5-18-15/h2-6,8H,7H2,1H3,(H,18,19)(H,17,20,21). The van der Waals surface area contributed by atoms with Crippen molar-refractivity contribution in [3.8, 4) is 0 Å². The summed E-state index contributed by atoms with van der Waals surface area (Å²) in [4.78, 5) is 23.5. The number of carbonyl (C=O) groups is 1. The van der Waals surface area contributed by atoms with E-state index in [1.54, 1.807) is 31.6 Å². The Hall–Kier alpha value is -2.40. The van der Waals surface area contributed by atoms with E-state index in [4.69, 9.17) is 11.6 Å². The molecule has 2 N–H and O–H groups in total. The Balaban J connectivity index is 1.79. The number of amides is 1. The van der Waals surface area contributed by atoms with Crippen LogP contribution in [-0.2, 0) is 11.2 Å². The van der Waals surface area contributed by atoms with Crippen LogP contribution in [0.25, 0.3) is 11.0 Å². The van der Waals surface area contributed by atoms with E-state index in [-0.39, 0.29) is 12.3 Å². The van der Waals surface area contributed by atoms with Crippen LogP contribution in [0.4, 0.5) is 5.69 Å². The second-order valence-electron chi connectivity index (χ2n) is 4.70. The van der Waals surface area contributed by atoms with Crippen LogP contribution in [0.15, 0.2) is 36.8 Å². The Labute approximate surface area is 126 Å². The van der Waals surface area contributed by atoms with Crippen LogP contribution in [0.3, 0.4) is 0 Å². The minimum absolute atomic E-state index is 0.132. The van der Waals surface area contributed by atoms with Crippen molar-refractivity contribution in [2.45, 2.75) is 13.3 Å². The highest BCUT2D eigenvalue weighted by Crippen LogP contribution is 2.24. The molecule has 0 bridgehead atoms. The van der Waals surface area contributed by atoms with Gasteiger partial charge >= 0.3 is 0 Å². The van der Waals surface area contributed by atoms with Crippen LogP contribution in [0.2, 0.25) is 5.02 Å². The Morgan fingerprint density at radius 2 is 2.19 bits per heavy atom. The number of rotatable bonds is 3. The predicted molar refractivity (Wildman–Crippen MR) is 82.4 cm³/mol. The largest absolute Gasteiger partial charge is 0.346 e. The molecule has 0 unspecified atom stereocenters. The normalized spacial score (nSPS) is 10.8. The van der Waals surface area contributed by atoms with Gasteiger partial charge in [-0.2, -0.15) is 0 Å². The van der Waals surface area contributed by atoms with Gasteiger partial charge in [0.2, 0.25) is 5.91 Å². The molecule has 5 nitrogen and oxygen atoms in total. The fraction of sp³-hybridized carbons (Fsp3) is 0.133. The molecule has 21 heavy (non-hydrogen) atoms. The third-order valence-electron chi connectivity index (χ3n) is 3.23. The topological polar surface area (TPSA) is 70.7 Å². The van der Waals surface area contributed by atoms with Gasteiger partial charge in [0, 0.05) is 24.0 Å². The first-order valence-electron chi connectivity index (χ1n) is 6.47. The zero-order chi connectivity index (χ0) is 14.8. The maximum absolute atomic E-state index is 12.2. The Morgan fingerprint density at radius 3 is 3.05 bits per heavy atom. The van der Waals surface area contributed by atoms with Gasteiger partial charge in [-0.1, -0.05) is 11.6 Å². The molecular formula is C15H13ClN4O. The third kappa shape index (κ3) is 2.73. The van der Waals surface area contributed by atoms with Crippen molar-refractivity contribution in [3.63, 3.8) is 0 Å². The van der Waals surface area contributed by atoms with E-state index in [1.165, 1.54) is 0 Å². The number of nitrogens with zero attached hydrogens (tertiary/aromatic N) is 2. The smallest absolute Gasteiger partial charge is 0.228 e. The molecule has 0 aromatic carbocycles. The van der Waals surface area contributed by atoms with Gasteiger partial charge in [-0.3, -0.25) is 9.78 Å². The maximum atomic E-state index is 12.2. The molecule has 0 aliphatic carbocycles. The molecule has 106 valence electrons. The first-order valence-corrected chi connectivity index (χ1v) is 6.85. The highest BCUT2D eigenvalue weighted by Gasteiger charge is 2.11. The van der Waals surface area contributed by atoms with E-state index in [2.05, 4.69) is 20.3 Å². The minimum Gasteiger partial charge on any atom is -0.346 e. The Morgan fingerprint density at radius 1 is 1.33 bits per heavy atom. The molecule has 3 rings (SSSR count). The Bertz CT molecular complexity index is 812. The summed E-state index contributed by atoms with van der Waals surface area (Å²) in [7, 11) is 0. The first-order chi connectivity index (χ1) is 10.1. The number of aromatic amines is 1. The van der Waals surface area contributed by atoms with Crippen molar-refractivity contribution >= 4 is 34.2 Å².